The zero-order valence-corrected chi connectivity index (χ0v) is 23.7. The SMILES string of the molecule is C[Si](C)=[C]([Zr+3])c1cccc(C2C=Cc3ccccc32)c1C1C=Cc2ccccc21.[Cl-].[Cl-].[Cl-]. The monoisotopic (exact) mass is 570 g/mol. The van der Waals surface area contributed by atoms with Crippen molar-refractivity contribution in [3.05, 3.63) is 118 Å². The van der Waals surface area contributed by atoms with E-state index < -0.39 is 8.41 Å². The van der Waals surface area contributed by atoms with Gasteiger partial charge in [0.1, 0.15) is 0 Å². The van der Waals surface area contributed by atoms with Crippen molar-refractivity contribution in [1.82, 2.24) is 0 Å². The summed E-state index contributed by atoms with van der Waals surface area (Å²) in [4.78, 5) is 0. The summed E-state index contributed by atoms with van der Waals surface area (Å²) in [5, 5.41) is 0. The van der Waals surface area contributed by atoms with Gasteiger partial charge in [0.2, 0.25) is 0 Å². The number of benzene rings is 3. The summed E-state index contributed by atoms with van der Waals surface area (Å²) in [5.41, 5.74) is 10.1. The van der Waals surface area contributed by atoms with Gasteiger partial charge in [-0.25, -0.2) is 0 Å². The Bertz CT molecular complexity index is 1210. The first-order valence-corrected chi connectivity index (χ1v) is 13.9. The van der Waals surface area contributed by atoms with E-state index in [0.29, 0.717) is 11.8 Å². The second-order valence-electron chi connectivity index (χ2n) is 8.11. The van der Waals surface area contributed by atoms with Gasteiger partial charge in [-0.1, -0.05) is 0 Å². The van der Waals surface area contributed by atoms with Gasteiger partial charge in [0.15, 0.2) is 0 Å². The van der Waals surface area contributed by atoms with E-state index in [2.05, 4.69) is 104 Å². The second-order valence-corrected chi connectivity index (χ2v) is 13.1. The van der Waals surface area contributed by atoms with Crippen LogP contribution in [-0.2, 0) is 24.7 Å². The maximum atomic E-state index is 2.42. The Hall–Kier alpha value is -1.02. The molecular formula is C27H23Cl3SiZr. The van der Waals surface area contributed by atoms with Crippen molar-refractivity contribution < 1.29 is 61.9 Å². The van der Waals surface area contributed by atoms with Crippen LogP contribution in [0.4, 0.5) is 0 Å². The van der Waals surface area contributed by atoms with Crippen LogP contribution < -0.4 is 37.2 Å². The molecule has 5 heteroatoms. The first kappa shape index (κ1) is 27.2. The Morgan fingerprint density at radius 1 is 0.656 bits per heavy atom. The van der Waals surface area contributed by atoms with Gasteiger partial charge >= 0.3 is 191 Å². The van der Waals surface area contributed by atoms with Crippen molar-refractivity contribution in [2.75, 3.05) is 0 Å². The quantitative estimate of drug-likeness (QED) is 0.302. The van der Waals surface area contributed by atoms with E-state index in [1.165, 1.54) is 38.9 Å². The Balaban J connectivity index is 0.00000121. The number of hydrogen-bond acceptors (Lipinski definition) is 0. The molecule has 0 aliphatic heterocycles. The molecule has 0 N–H and O–H groups in total. The molecule has 0 radical (unpaired) electrons. The predicted molar refractivity (Wildman–Crippen MR) is 123 cm³/mol. The fraction of sp³-hybridized carbons (Fsp3) is 0.148. The van der Waals surface area contributed by atoms with E-state index in [4.69, 9.17) is 0 Å². The molecule has 0 aromatic heterocycles. The van der Waals surface area contributed by atoms with Crippen LogP contribution >= 0.6 is 0 Å². The van der Waals surface area contributed by atoms with Gasteiger partial charge in [0, 0.05) is 0 Å². The van der Waals surface area contributed by atoms with Crippen LogP contribution in [0.25, 0.3) is 12.2 Å². The molecule has 0 fully saturated rings. The van der Waals surface area contributed by atoms with Crippen LogP contribution in [0.2, 0.25) is 13.1 Å². The molecule has 0 saturated carbocycles. The molecule has 0 bridgehead atoms. The van der Waals surface area contributed by atoms with Crippen molar-refractivity contribution in [1.29, 1.82) is 0 Å². The van der Waals surface area contributed by atoms with E-state index in [1.54, 1.807) is 27.6 Å². The molecule has 160 valence electrons. The van der Waals surface area contributed by atoms with Crippen molar-refractivity contribution in [3.63, 3.8) is 0 Å². The van der Waals surface area contributed by atoms with Crippen molar-refractivity contribution in [2.45, 2.75) is 24.9 Å². The maximum Gasteiger partial charge on any atom is -1.00 e. The van der Waals surface area contributed by atoms with E-state index in [9.17, 15) is 0 Å². The van der Waals surface area contributed by atoms with Crippen LogP contribution in [0.3, 0.4) is 0 Å². The zero-order chi connectivity index (χ0) is 20.0. The molecule has 2 unspecified atom stereocenters. The normalized spacial score (nSPS) is 16.9. The minimum Gasteiger partial charge on any atom is -1.00 e. The number of fused-ring (bicyclic) bond motifs is 2. The van der Waals surface area contributed by atoms with Gasteiger partial charge in [-0.3, -0.25) is 0 Å². The summed E-state index contributed by atoms with van der Waals surface area (Å²) in [5.74, 6) is 0.686. The second kappa shape index (κ2) is 11.4. The van der Waals surface area contributed by atoms with Gasteiger partial charge in [-0.2, -0.15) is 0 Å². The maximum absolute atomic E-state index is 2.42. The van der Waals surface area contributed by atoms with E-state index >= 15 is 0 Å². The largest absolute Gasteiger partial charge is 1.00 e. The van der Waals surface area contributed by atoms with Gasteiger partial charge in [0.25, 0.3) is 0 Å². The Morgan fingerprint density at radius 2 is 1.16 bits per heavy atom. The summed E-state index contributed by atoms with van der Waals surface area (Å²) in [6, 6.07) is 24.8. The van der Waals surface area contributed by atoms with Gasteiger partial charge in [0.05, 0.1) is 0 Å². The standard InChI is InChI=1S/C27H23Si.3ClH.Zr/c1-28(2)18-21-10-7-13-25(24-16-14-19-8-3-5-11-22(19)24)27(21)26-17-15-20-9-4-6-12-23(20)26;;;;/h3-17,24,26H,1-2H3;3*1H;/q;;;;+3/p-3. The molecule has 2 atom stereocenters. The average Bonchev–Trinajstić information content (AvgIpc) is 3.37. The Kier molecular flexibility index (Phi) is 9.71. The molecule has 2 aliphatic carbocycles. The molecule has 2 aliphatic rings. The topological polar surface area (TPSA) is 0 Å². The van der Waals surface area contributed by atoms with E-state index in [-0.39, 0.29) is 37.2 Å². The molecule has 0 nitrogen and oxygen atoms in total. The third kappa shape index (κ3) is 4.77. The molecule has 0 spiro atoms. The summed E-state index contributed by atoms with van der Waals surface area (Å²) in [6.07, 6.45) is 9.42. The summed E-state index contributed by atoms with van der Waals surface area (Å²) >= 11 is 1.56. The number of hydrogen-bond donors (Lipinski definition) is 0. The van der Waals surface area contributed by atoms with Crippen molar-refractivity contribution in [3.8, 4) is 0 Å². The van der Waals surface area contributed by atoms with Crippen LogP contribution in [0.1, 0.15) is 50.8 Å². The Morgan fingerprint density at radius 3 is 1.75 bits per heavy atom. The van der Waals surface area contributed by atoms with E-state index in [0.717, 1.165) is 0 Å². The first-order chi connectivity index (χ1) is 14.1. The Labute approximate surface area is 226 Å². The van der Waals surface area contributed by atoms with Crippen LogP contribution in [-0.4, -0.2) is 11.3 Å². The van der Waals surface area contributed by atoms with Crippen LogP contribution in [0.5, 0.6) is 0 Å². The minimum absolute atomic E-state index is 0. The molecule has 32 heavy (non-hydrogen) atoms. The molecular weight excluding hydrogens is 550 g/mol. The molecule has 3 aromatic rings. The molecule has 5 rings (SSSR count). The summed E-state index contributed by atoms with van der Waals surface area (Å²) in [6.45, 7) is 4.85. The smallest absolute Gasteiger partial charge is 1.00 e. The van der Waals surface area contributed by atoms with Crippen molar-refractivity contribution >= 4 is 23.4 Å². The van der Waals surface area contributed by atoms with Crippen LogP contribution in [0.15, 0.2) is 78.9 Å². The van der Waals surface area contributed by atoms with Crippen LogP contribution in [0, 0.1) is 0 Å². The molecule has 0 saturated heterocycles. The summed E-state index contributed by atoms with van der Waals surface area (Å²) in [7, 11) is -0.477. The van der Waals surface area contributed by atoms with Gasteiger partial charge in [-0.15, -0.1) is 0 Å². The number of allylic oxidation sites excluding steroid dienone is 2. The molecule has 0 heterocycles. The molecule has 3 aromatic carbocycles. The fourth-order valence-electron chi connectivity index (χ4n) is 4.71. The van der Waals surface area contributed by atoms with E-state index in [1.807, 2.05) is 0 Å². The minimum atomic E-state index is -0.477. The number of rotatable bonds is 3. The first-order valence-electron chi connectivity index (χ1n) is 10.2. The third-order valence-electron chi connectivity index (χ3n) is 6.15. The number of halogens is 3. The van der Waals surface area contributed by atoms with Gasteiger partial charge < -0.3 is 37.2 Å². The third-order valence-corrected chi connectivity index (χ3v) is 11.8. The fourth-order valence-corrected chi connectivity index (χ4v) is 6.00. The molecule has 0 amide bonds. The summed E-state index contributed by atoms with van der Waals surface area (Å²) < 4.78 is 1.66. The average molecular weight is 573 g/mol. The zero-order valence-electron chi connectivity index (χ0n) is 17.9. The van der Waals surface area contributed by atoms with Gasteiger partial charge in [-0.05, 0) is 0 Å². The predicted octanol–water partition coefficient (Wildman–Crippen LogP) is -2.62. The van der Waals surface area contributed by atoms with Crippen molar-refractivity contribution in [2.24, 2.45) is 0 Å².